The van der Waals surface area contributed by atoms with Crippen LogP contribution < -0.4 is 5.32 Å². The van der Waals surface area contributed by atoms with Gasteiger partial charge < -0.3 is 14.8 Å². The third-order valence-electron chi connectivity index (χ3n) is 3.82. The first-order valence-electron chi connectivity index (χ1n) is 8.34. The van der Waals surface area contributed by atoms with Crippen molar-refractivity contribution in [1.29, 1.82) is 0 Å². The Morgan fingerprint density at radius 3 is 2.52 bits per heavy atom. The molecular weight excluding hydrogens is 423 g/mol. The highest BCUT2D eigenvalue weighted by Crippen LogP contribution is 2.26. The minimum Gasteiger partial charge on any atom is -0.465 e. The van der Waals surface area contributed by atoms with E-state index in [2.05, 4.69) is 26.0 Å². The molecule has 2 rings (SSSR count). The summed E-state index contributed by atoms with van der Waals surface area (Å²) in [4.78, 5) is 37.6. The van der Waals surface area contributed by atoms with E-state index in [0.717, 1.165) is 4.90 Å². The maximum atomic E-state index is 13.9. The highest BCUT2D eigenvalue weighted by molar-refractivity contribution is 9.10. The summed E-state index contributed by atoms with van der Waals surface area (Å²) in [5.41, 5.74) is -0.0530. The van der Waals surface area contributed by atoms with E-state index in [0.29, 0.717) is 15.7 Å². The zero-order valence-corrected chi connectivity index (χ0v) is 17.1. The SMILES string of the molecule is COC(=O)c1ccc(NC(=O)[C@@H]2C[C@@H](F)CN2C(=O)OC(C)(C)C)cc1Br. The molecule has 0 unspecified atom stereocenters. The number of anilines is 1. The molecule has 148 valence electrons. The van der Waals surface area contributed by atoms with E-state index < -0.39 is 35.8 Å². The average molecular weight is 445 g/mol. The number of amides is 2. The van der Waals surface area contributed by atoms with Gasteiger partial charge in [-0.15, -0.1) is 0 Å². The molecule has 0 aliphatic carbocycles. The number of likely N-dealkylation sites (tertiary alicyclic amines) is 1. The first-order valence-corrected chi connectivity index (χ1v) is 9.13. The summed E-state index contributed by atoms with van der Waals surface area (Å²) in [5.74, 6) is -1.05. The molecule has 1 aliphatic rings. The number of ether oxygens (including phenoxy) is 2. The quantitative estimate of drug-likeness (QED) is 0.720. The number of carbonyl (C=O) groups is 3. The molecule has 0 bridgehead atoms. The normalized spacial score (nSPS) is 19.6. The molecule has 1 fully saturated rings. The molecule has 2 amide bonds. The molecule has 0 aromatic heterocycles. The lowest BCUT2D eigenvalue weighted by Gasteiger charge is -2.27. The highest BCUT2D eigenvalue weighted by Gasteiger charge is 2.41. The Morgan fingerprint density at radius 1 is 1.30 bits per heavy atom. The maximum Gasteiger partial charge on any atom is 0.411 e. The van der Waals surface area contributed by atoms with E-state index in [4.69, 9.17) is 4.74 Å². The van der Waals surface area contributed by atoms with Crippen molar-refractivity contribution >= 4 is 39.6 Å². The summed E-state index contributed by atoms with van der Waals surface area (Å²) < 4.78 is 24.2. The van der Waals surface area contributed by atoms with Gasteiger partial charge in [-0.05, 0) is 54.9 Å². The fraction of sp³-hybridized carbons (Fsp3) is 0.500. The van der Waals surface area contributed by atoms with Crippen molar-refractivity contribution in [3.8, 4) is 0 Å². The van der Waals surface area contributed by atoms with Crippen molar-refractivity contribution in [1.82, 2.24) is 4.90 Å². The lowest BCUT2D eigenvalue weighted by molar-refractivity contribution is -0.120. The number of alkyl halides is 1. The molecule has 9 heteroatoms. The van der Waals surface area contributed by atoms with Gasteiger partial charge in [0.1, 0.15) is 17.8 Å². The Balaban J connectivity index is 2.12. The van der Waals surface area contributed by atoms with Crippen LogP contribution in [-0.4, -0.2) is 54.3 Å². The van der Waals surface area contributed by atoms with Crippen molar-refractivity contribution in [2.24, 2.45) is 0 Å². The number of esters is 1. The summed E-state index contributed by atoms with van der Waals surface area (Å²) in [6, 6.07) is 3.57. The van der Waals surface area contributed by atoms with Crippen LogP contribution >= 0.6 is 15.9 Å². The minimum atomic E-state index is -1.30. The smallest absolute Gasteiger partial charge is 0.411 e. The number of methoxy groups -OCH3 is 1. The summed E-state index contributed by atoms with van der Waals surface area (Å²) in [6.07, 6.45) is -2.14. The Bertz CT molecular complexity index is 750. The molecule has 1 N–H and O–H groups in total. The summed E-state index contributed by atoms with van der Waals surface area (Å²) in [6.45, 7) is 4.90. The first-order chi connectivity index (χ1) is 12.5. The monoisotopic (exact) mass is 444 g/mol. The molecule has 0 saturated carbocycles. The van der Waals surface area contributed by atoms with Gasteiger partial charge in [0.05, 0.1) is 19.2 Å². The second kappa shape index (κ2) is 8.24. The number of halogens is 2. The van der Waals surface area contributed by atoms with Gasteiger partial charge >= 0.3 is 12.1 Å². The van der Waals surface area contributed by atoms with Crippen LogP contribution in [0.3, 0.4) is 0 Å². The predicted molar refractivity (Wildman–Crippen MR) is 100 cm³/mol. The van der Waals surface area contributed by atoms with E-state index in [9.17, 15) is 18.8 Å². The molecular formula is C18H22BrFN2O5. The number of rotatable bonds is 3. The highest BCUT2D eigenvalue weighted by atomic mass is 79.9. The fourth-order valence-electron chi connectivity index (χ4n) is 2.65. The van der Waals surface area contributed by atoms with Crippen LogP contribution in [0.1, 0.15) is 37.6 Å². The second-order valence-electron chi connectivity index (χ2n) is 7.16. The van der Waals surface area contributed by atoms with E-state index in [-0.39, 0.29) is 13.0 Å². The van der Waals surface area contributed by atoms with Gasteiger partial charge in [0.15, 0.2) is 0 Å². The Morgan fingerprint density at radius 2 is 1.96 bits per heavy atom. The molecule has 1 aromatic rings. The second-order valence-corrected chi connectivity index (χ2v) is 8.01. The molecule has 0 radical (unpaired) electrons. The minimum absolute atomic E-state index is 0.105. The van der Waals surface area contributed by atoms with E-state index >= 15 is 0 Å². The maximum absolute atomic E-state index is 13.9. The van der Waals surface area contributed by atoms with Crippen LogP contribution in [-0.2, 0) is 14.3 Å². The Hall–Kier alpha value is -2.16. The van der Waals surface area contributed by atoms with Gasteiger partial charge in [-0.1, -0.05) is 0 Å². The number of hydrogen-bond donors (Lipinski definition) is 1. The lowest BCUT2D eigenvalue weighted by atomic mass is 10.1. The summed E-state index contributed by atoms with van der Waals surface area (Å²) in [7, 11) is 1.27. The predicted octanol–water partition coefficient (Wildman–Crippen LogP) is 3.52. The van der Waals surface area contributed by atoms with Crippen molar-refractivity contribution in [2.45, 2.75) is 45.0 Å². The van der Waals surface area contributed by atoms with Crippen LogP contribution in [0.2, 0.25) is 0 Å². The molecule has 7 nitrogen and oxygen atoms in total. The number of nitrogens with zero attached hydrogens (tertiary/aromatic N) is 1. The van der Waals surface area contributed by atoms with Crippen molar-refractivity contribution < 1.29 is 28.2 Å². The molecule has 1 saturated heterocycles. The molecule has 2 atom stereocenters. The van der Waals surface area contributed by atoms with E-state index in [1.54, 1.807) is 20.8 Å². The van der Waals surface area contributed by atoms with Gasteiger partial charge in [0, 0.05) is 16.6 Å². The number of hydrogen-bond acceptors (Lipinski definition) is 5. The van der Waals surface area contributed by atoms with Crippen LogP contribution in [0.5, 0.6) is 0 Å². The van der Waals surface area contributed by atoms with Gasteiger partial charge in [-0.3, -0.25) is 9.69 Å². The van der Waals surface area contributed by atoms with Crippen molar-refractivity contribution in [2.75, 3.05) is 19.0 Å². The van der Waals surface area contributed by atoms with E-state index in [1.807, 2.05) is 0 Å². The number of nitrogens with one attached hydrogen (secondary N) is 1. The van der Waals surface area contributed by atoms with Gasteiger partial charge in [0.2, 0.25) is 5.91 Å². The van der Waals surface area contributed by atoms with Crippen LogP contribution in [0.4, 0.5) is 14.9 Å². The van der Waals surface area contributed by atoms with Gasteiger partial charge in [0.25, 0.3) is 0 Å². The fourth-order valence-corrected chi connectivity index (χ4v) is 3.19. The molecule has 0 spiro atoms. The zero-order valence-electron chi connectivity index (χ0n) is 15.5. The molecule has 1 aliphatic heterocycles. The third kappa shape index (κ3) is 5.41. The van der Waals surface area contributed by atoms with E-state index in [1.165, 1.54) is 25.3 Å². The van der Waals surface area contributed by atoms with Crippen molar-refractivity contribution in [3.05, 3.63) is 28.2 Å². The summed E-state index contributed by atoms with van der Waals surface area (Å²) >= 11 is 3.24. The molecule has 27 heavy (non-hydrogen) atoms. The Labute approximate surface area is 165 Å². The lowest BCUT2D eigenvalue weighted by Crippen LogP contribution is -2.45. The standard InChI is InChI=1S/C18H22BrFN2O5/c1-18(2,3)27-17(25)22-9-10(20)7-14(22)15(23)21-11-5-6-12(13(19)8-11)16(24)26-4/h5-6,8,10,14H,7,9H2,1-4H3,(H,21,23)/t10-,14+/m1/s1. The largest absolute Gasteiger partial charge is 0.465 e. The molecule has 1 heterocycles. The third-order valence-corrected chi connectivity index (χ3v) is 4.48. The number of benzene rings is 1. The first kappa shape index (κ1) is 21.1. The molecule has 1 aromatic carbocycles. The van der Waals surface area contributed by atoms with Crippen LogP contribution in [0.15, 0.2) is 22.7 Å². The average Bonchev–Trinajstić information content (AvgIpc) is 2.95. The van der Waals surface area contributed by atoms with Crippen LogP contribution in [0.25, 0.3) is 0 Å². The summed E-state index contributed by atoms with van der Waals surface area (Å²) in [5, 5.41) is 2.64. The Kier molecular flexibility index (Phi) is 6.46. The zero-order chi connectivity index (χ0) is 20.4. The topological polar surface area (TPSA) is 84.9 Å². The van der Waals surface area contributed by atoms with Gasteiger partial charge in [-0.25, -0.2) is 14.0 Å². The van der Waals surface area contributed by atoms with Crippen LogP contribution in [0, 0.1) is 0 Å². The number of carbonyl (C=O) groups excluding carboxylic acids is 3. The van der Waals surface area contributed by atoms with Gasteiger partial charge in [-0.2, -0.15) is 0 Å². The van der Waals surface area contributed by atoms with Crippen molar-refractivity contribution in [3.63, 3.8) is 0 Å².